The van der Waals surface area contributed by atoms with Crippen molar-refractivity contribution < 1.29 is 60.7 Å². The molecule has 0 fully saturated rings. The zero-order valence-electron chi connectivity index (χ0n) is 59.0. The summed E-state index contributed by atoms with van der Waals surface area (Å²) in [5, 5.41) is 26.6. The lowest BCUT2D eigenvalue weighted by Gasteiger charge is -2.21. The predicted octanol–water partition coefficient (Wildman–Crippen LogP) is 11.1. The number of sulfonamides is 1. The summed E-state index contributed by atoms with van der Waals surface area (Å²) in [7, 11) is -2.17. The average Bonchev–Trinajstić information content (AvgIpc) is 1.70. The number of aromatic amines is 2. The number of imidazole rings is 1. The van der Waals surface area contributed by atoms with E-state index in [1.54, 1.807) is 71.4 Å². The molecule has 5 aromatic heterocycles. The number of ether oxygens (including phenoxy) is 8. The Morgan fingerprint density at radius 3 is 1.58 bits per heavy atom. The fourth-order valence-corrected chi connectivity index (χ4v) is 14.3. The number of fused-ring (bicyclic) bond motifs is 13. The highest BCUT2D eigenvalue weighted by atomic mass is 32.2. The van der Waals surface area contributed by atoms with Gasteiger partial charge in [0.25, 0.3) is 17.0 Å². The maximum atomic E-state index is 12.9. The summed E-state index contributed by atoms with van der Waals surface area (Å²) >= 11 is 0. The Morgan fingerprint density at radius 1 is 0.541 bits per heavy atom. The van der Waals surface area contributed by atoms with Crippen LogP contribution in [0.15, 0.2) is 222 Å². The highest BCUT2D eigenvalue weighted by molar-refractivity contribution is 7.89. The molecule has 27 nitrogen and oxygen atoms in total. The second-order valence-electron chi connectivity index (χ2n) is 25.5. The standard InChI is InChI=1S/C21H19N3O5S.C20H16N4O4.C20H18N4O2.C20H17NO4/c1-3-24-11-22-20-13(2)29-17-7-5-15(9-16(17)21(20)24)30(25,26)23-10-14-4-6-18-19(8-14)28-12-27-18;25-18(21-8-12-5-6-16-17(7-12)28-11-27-16)10-24-15-4-2-1-3-13(15)14-9-22-23-20(26)19(14)24;1-13-6-8-14(9-7-13)10-21-18(25)12-24-17-5-3-2-4-15(17)16-11-22-23-20(26)19(16)24;1-23-19-15-5-3-2-4-14(15)7-8-16(19)20(22)21-11-13-6-9-17-18(10-13)25-12-24-17/h4-9,11,23H,2-3,10,12H2,1H3;1-7,9H,8,10-11H2,(H,21,25)(H,23,26);2-9,11H,10,12H2,1H3,(H,21,25)(H,23,26);2-10H,11-12H2,1H3,(H,21,22). The number of hydrogen-bond acceptors (Lipinski definition) is 18. The van der Waals surface area contributed by atoms with Crippen LogP contribution in [-0.2, 0) is 65.4 Å². The minimum atomic E-state index is -3.75. The summed E-state index contributed by atoms with van der Waals surface area (Å²) in [6.45, 7) is 10.7. The molecule has 9 aromatic carbocycles. The summed E-state index contributed by atoms with van der Waals surface area (Å²) in [4.78, 5) is 66.9. The first-order chi connectivity index (χ1) is 53.1. The molecule has 18 rings (SSSR count). The molecule has 0 saturated heterocycles. The Kier molecular flexibility index (Phi) is 20.0. The smallest absolute Gasteiger partial charge is 0.288 e. The van der Waals surface area contributed by atoms with Gasteiger partial charge in [-0.1, -0.05) is 121 Å². The van der Waals surface area contributed by atoms with E-state index >= 15 is 0 Å². The number of benzene rings is 9. The van der Waals surface area contributed by atoms with Crippen molar-refractivity contribution in [3.63, 3.8) is 0 Å². The van der Waals surface area contributed by atoms with Crippen molar-refractivity contribution in [3.8, 4) is 57.3 Å². The first-order valence-corrected chi connectivity index (χ1v) is 36.1. The predicted molar refractivity (Wildman–Crippen MR) is 407 cm³/mol. The lowest BCUT2D eigenvalue weighted by molar-refractivity contribution is -0.122. The van der Waals surface area contributed by atoms with Gasteiger partial charge in [0.1, 0.15) is 47.1 Å². The molecule has 4 aliphatic heterocycles. The molecule has 14 aromatic rings. The van der Waals surface area contributed by atoms with Gasteiger partial charge in [0, 0.05) is 76.3 Å². The molecule has 28 heteroatoms. The van der Waals surface area contributed by atoms with Gasteiger partial charge in [-0.2, -0.15) is 10.2 Å². The maximum absolute atomic E-state index is 12.9. The number of carbonyl (C=O) groups excluding carboxylic acids is 3. The number of hydrogen-bond donors (Lipinski definition) is 6. The Bertz CT molecular complexity index is 6150. The lowest BCUT2D eigenvalue weighted by Crippen LogP contribution is -2.28. The molecule has 0 saturated carbocycles. The van der Waals surface area contributed by atoms with Crippen LogP contribution in [0.5, 0.6) is 46.0 Å². The molecule has 0 atom stereocenters. The molecule has 9 heterocycles. The lowest BCUT2D eigenvalue weighted by atomic mass is 10.0. The number of rotatable bonds is 17. The topological polar surface area (TPSA) is 326 Å². The summed E-state index contributed by atoms with van der Waals surface area (Å²) in [5.41, 5.74) is 9.37. The number of para-hydroxylation sites is 2. The average molecular weight is 1480 g/mol. The van der Waals surface area contributed by atoms with Crippen LogP contribution in [0, 0.1) is 6.92 Å². The zero-order chi connectivity index (χ0) is 75.3. The van der Waals surface area contributed by atoms with Gasteiger partial charge < -0.3 is 67.5 Å². The number of aryl methyl sites for hydroxylation is 2. The van der Waals surface area contributed by atoms with Crippen LogP contribution in [0.25, 0.3) is 71.4 Å². The summed E-state index contributed by atoms with van der Waals surface area (Å²) in [6, 6.07) is 56.1. The third kappa shape index (κ3) is 14.9. The van der Waals surface area contributed by atoms with E-state index in [-0.39, 0.29) is 73.7 Å². The van der Waals surface area contributed by atoms with Crippen molar-refractivity contribution in [2.45, 2.75) is 64.6 Å². The van der Waals surface area contributed by atoms with Crippen molar-refractivity contribution in [2.24, 2.45) is 0 Å². The largest absolute Gasteiger partial charge is 0.495 e. The highest BCUT2D eigenvalue weighted by Crippen LogP contribution is 2.43. The van der Waals surface area contributed by atoms with Gasteiger partial charge >= 0.3 is 0 Å². The minimum absolute atomic E-state index is 0.0294. The molecule has 0 unspecified atom stereocenters. The van der Waals surface area contributed by atoms with Crippen LogP contribution in [-0.4, -0.2) is 92.7 Å². The molecule has 4 aliphatic rings. The van der Waals surface area contributed by atoms with Crippen LogP contribution in [0.2, 0.25) is 0 Å². The first kappa shape index (κ1) is 70.9. The van der Waals surface area contributed by atoms with E-state index in [4.69, 9.17) is 37.9 Å². The molecular weight excluding hydrogens is 1410 g/mol. The molecule has 0 spiro atoms. The number of nitrogens with zero attached hydrogens (tertiary/aromatic N) is 6. The van der Waals surface area contributed by atoms with Crippen molar-refractivity contribution >= 4 is 87.9 Å². The number of nitrogens with one attached hydrogen (secondary N) is 6. The molecule has 3 amide bonds. The fourth-order valence-electron chi connectivity index (χ4n) is 13.2. The minimum Gasteiger partial charge on any atom is -0.495 e. The van der Waals surface area contributed by atoms with Crippen molar-refractivity contribution in [1.82, 2.24) is 59.8 Å². The molecule has 550 valence electrons. The monoisotopic (exact) mass is 1480 g/mol. The number of methoxy groups -OCH3 is 1. The SMILES string of the molecule is C=C1Oc2ccc(S(=O)(=O)NCc3ccc4c(c3)OCO4)cc2-c2c1ncn2CC.COc1c(C(=O)NCc2ccc3c(c2)OCO3)ccc2ccccc12.Cc1ccc(CNC(=O)Cn2c3ccccc3c3cn[nH]c(=O)c32)cc1.O=C(Cn1c2ccccc2c2cn[nH]c(=O)c21)NCc1ccc2c(c1)OCO2. The van der Waals surface area contributed by atoms with Gasteiger partial charge in [-0.15, -0.1) is 0 Å². The van der Waals surface area contributed by atoms with Crippen molar-refractivity contribution in [2.75, 3.05) is 27.5 Å². The Hall–Kier alpha value is -13.7. The summed E-state index contributed by atoms with van der Waals surface area (Å²) < 4.78 is 77.1. The highest BCUT2D eigenvalue weighted by Gasteiger charge is 2.29. The first-order valence-electron chi connectivity index (χ1n) is 34.6. The van der Waals surface area contributed by atoms with E-state index in [0.29, 0.717) is 100 Å². The molecule has 109 heavy (non-hydrogen) atoms. The van der Waals surface area contributed by atoms with Crippen molar-refractivity contribution in [1.29, 1.82) is 0 Å². The third-order valence-electron chi connectivity index (χ3n) is 18.6. The summed E-state index contributed by atoms with van der Waals surface area (Å²) in [5.74, 6) is 5.13. The van der Waals surface area contributed by atoms with Gasteiger partial charge in [-0.05, 0) is 114 Å². The van der Waals surface area contributed by atoms with Crippen LogP contribution >= 0.6 is 0 Å². The molecule has 0 aliphatic carbocycles. The third-order valence-corrected chi connectivity index (χ3v) is 20.0. The van der Waals surface area contributed by atoms with Crippen LogP contribution in [0.4, 0.5) is 0 Å². The molecular formula is C81H70N12O15S. The van der Waals surface area contributed by atoms with E-state index in [0.717, 1.165) is 77.0 Å². The Labute approximate surface area is 621 Å². The summed E-state index contributed by atoms with van der Waals surface area (Å²) in [6.07, 6.45) is 4.94. The quantitative estimate of drug-likeness (QED) is 0.0493. The van der Waals surface area contributed by atoms with Crippen LogP contribution in [0.3, 0.4) is 0 Å². The van der Waals surface area contributed by atoms with Gasteiger partial charge in [-0.25, -0.2) is 28.3 Å². The van der Waals surface area contributed by atoms with E-state index in [9.17, 15) is 32.4 Å². The van der Waals surface area contributed by atoms with E-state index in [1.807, 2.05) is 158 Å². The van der Waals surface area contributed by atoms with E-state index in [1.165, 1.54) is 11.6 Å². The Balaban J connectivity index is 0.000000116. The molecule has 0 bridgehead atoms. The van der Waals surface area contributed by atoms with Gasteiger partial charge in [0.2, 0.25) is 42.2 Å². The number of H-pyrrole nitrogens is 2. The maximum Gasteiger partial charge on any atom is 0.288 e. The normalized spacial score (nSPS) is 12.6. The second kappa shape index (κ2) is 30.8. The Morgan fingerprint density at radius 2 is 1.03 bits per heavy atom. The van der Waals surface area contributed by atoms with E-state index in [2.05, 4.69) is 52.6 Å². The number of aromatic nitrogens is 8. The van der Waals surface area contributed by atoms with Gasteiger partial charge in [0.15, 0.2) is 34.5 Å². The zero-order valence-corrected chi connectivity index (χ0v) is 59.9. The number of amides is 3. The number of carbonyl (C=O) groups is 3. The fraction of sp³-hybridized carbons (Fsp3) is 0.160. The van der Waals surface area contributed by atoms with Crippen LogP contribution < -0.4 is 69.7 Å². The van der Waals surface area contributed by atoms with Crippen LogP contribution in [0.1, 0.15) is 50.8 Å². The molecule has 0 radical (unpaired) electrons. The second-order valence-corrected chi connectivity index (χ2v) is 27.3. The van der Waals surface area contributed by atoms with Crippen molar-refractivity contribution in [3.05, 3.63) is 267 Å². The van der Waals surface area contributed by atoms with E-state index < -0.39 is 10.0 Å². The van der Waals surface area contributed by atoms with Gasteiger partial charge in [-0.3, -0.25) is 24.0 Å². The van der Waals surface area contributed by atoms with Gasteiger partial charge in [0.05, 0.1) is 42.0 Å². The molecule has 6 N–H and O–H groups in total.